The third kappa shape index (κ3) is 10.7. The lowest BCUT2D eigenvalue weighted by Crippen LogP contribution is -2.61. The van der Waals surface area contributed by atoms with Gasteiger partial charge in [-0.1, -0.05) is 364 Å². The van der Waals surface area contributed by atoms with Crippen molar-refractivity contribution in [3.05, 3.63) is 530 Å². The summed E-state index contributed by atoms with van der Waals surface area (Å²) in [5, 5.41) is 8.76. The highest BCUT2D eigenvalue weighted by atomic mass is 16.3. The molecule has 29 rings (SSSR count). The van der Waals surface area contributed by atoms with Gasteiger partial charge in [-0.25, -0.2) is 0 Å². The van der Waals surface area contributed by atoms with Crippen molar-refractivity contribution in [1.82, 2.24) is 9.13 Å². The minimum atomic E-state index is -0.799. The molecule has 136 heavy (non-hydrogen) atoms. The molecule has 0 saturated heterocycles. The molecule has 0 unspecified atom stereocenters. The lowest BCUT2D eigenvalue weighted by molar-refractivity contribution is 0.668. The van der Waals surface area contributed by atoms with Crippen molar-refractivity contribution >= 4 is 162 Å². The van der Waals surface area contributed by atoms with E-state index in [0.29, 0.717) is 0 Å². The Hall–Kier alpha value is -17.7. The van der Waals surface area contributed by atoms with E-state index in [1.54, 1.807) is 0 Å². The number of furan rings is 2. The summed E-state index contributed by atoms with van der Waals surface area (Å²) in [5.74, 6) is 0. The molecule has 0 fully saturated rings. The minimum Gasteiger partial charge on any atom is -0.456 e. The first-order valence-electron chi connectivity index (χ1n) is 47.0. The topological polar surface area (TPSA) is 45.9 Å². The third-order valence-electron chi connectivity index (χ3n) is 30.0. The Morgan fingerprint density at radius 3 is 1.02 bits per heavy atom. The summed E-state index contributed by atoms with van der Waals surface area (Å²) in [7, 11) is 0. The Kier molecular flexibility index (Phi) is 16.4. The van der Waals surface area contributed by atoms with E-state index in [1.165, 1.54) is 71.6 Å². The molecule has 0 saturated carbocycles. The minimum absolute atomic E-state index is 0.480. The van der Waals surface area contributed by atoms with Crippen LogP contribution in [0.15, 0.2) is 494 Å². The third-order valence-corrected chi connectivity index (χ3v) is 30.0. The highest BCUT2D eigenvalue weighted by Gasteiger charge is 2.53. The van der Waals surface area contributed by atoms with E-state index in [-0.39, 0.29) is 0 Å². The molecule has 0 atom stereocenters. The number of nitrogens with zero attached hydrogens (tertiary/aromatic N) is 5. The van der Waals surface area contributed by atoms with E-state index in [2.05, 4.69) is 509 Å². The lowest BCUT2D eigenvalue weighted by atomic mass is 9.33. The molecule has 0 bridgehead atoms. The van der Waals surface area contributed by atoms with E-state index in [4.69, 9.17) is 8.83 Å². The van der Waals surface area contributed by atoms with Gasteiger partial charge in [-0.2, -0.15) is 0 Å². The Bertz CT molecular complexity index is 8910. The monoisotopic (exact) mass is 1730 g/mol. The van der Waals surface area contributed by atoms with E-state index < -0.39 is 17.5 Å². The van der Waals surface area contributed by atoms with Crippen LogP contribution in [0, 0.1) is 0 Å². The lowest BCUT2D eigenvalue weighted by Gasteiger charge is -2.47. The number of anilines is 9. The Morgan fingerprint density at radius 2 is 0.566 bits per heavy atom. The number of benzene rings is 21. The highest BCUT2D eigenvalue weighted by molar-refractivity contribution is 7.00. The molecule has 632 valence electrons. The Morgan fingerprint density at radius 1 is 0.199 bits per heavy atom. The standard InChI is InChI=1S/C128H80BN5O2/c1-7-37-81(38-8-1)92-68-71-120-122(99-54-24-35-65-118(99)135-120)125(92)133-114-78-89(130-112-63-33-27-57-103(112)128(87-45-15-5-16-46-87,88-47-17-6-18-48-88)104-58-28-34-64-113(104)130)67-70-106(114)129-107-80-105-101(94-49-19-26-56-102(94)127(105,85-41-11-3-12-42-85)86-43-13-4-14-44-86)79-115(107)134(126-93(82-39-9-2-10-40-82)69-72-121-123(126)100-55-25-36-66-119(100)136-121)117-76-84(75-116(133)124(117)129)83-73-90(131-108-59-29-20-50-95(108)96-51-21-30-60-109(96)131)77-91(74-83)132-110-61-31-22-52-97(110)98-53-23-32-62-111(98)132/h1-80H. The number of rotatable bonds is 12. The zero-order valence-electron chi connectivity index (χ0n) is 73.8. The van der Waals surface area contributed by atoms with Gasteiger partial charge in [0.1, 0.15) is 22.3 Å². The van der Waals surface area contributed by atoms with Gasteiger partial charge in [0.25, 0.3) is 6.71 Å². The Labute approximate surface area is 785 Å². The molecule has 21 aromatic carbocycles. The van der Waals surface area contributed by atoms with E-state index in [9.17, 15) is 0 Å². The molecular formula is C128H80BN5O2. The fourth-order valence-electron chi connectivity index (χ4n) is 24.6. The van der Waals surface area contributed by atoms with Crippen LogP contribution in [0.4, 0.5) is 51.2 Å². The second kappa shape index (κ2) is 29.4. The summed E-state index contributed by atoms with van der Waals surface area (Å²) in [6.45, 7) is -0.480. The molecule has 1 aliphatic carbocycles. The van der Waals surface area contributed by atoms with Crippen molar-refractivity contribution in [2.75, 3.05) is 14.7 Å². The van der Waals surface area contributed by atoms with Crippen LogP contribution in [0.3, 0.4) is 0 Å². The maximum Gasteiger partial charge on any atom is 0.252 e. The molecule has 0 amide bonds. The summed E-state index contributed by atoms with van der Waals surface area (Å²) in [6.07, 6.45) is 0. The van der Waals surface area contributed by atoms with Crippen LogP contribution in [0.5, 0.6) is 0 Å². The second-order valence-electron chi connectivity index (χ2n) is 36.7. The van der Waals surface area contributed by atoms with E-state index >= 15 is 0 Å². The average Bonchev–Trinajstić information content (AvgIpc) is 1.41. The first-order valence-corrected chi connectivity index (χ1v) is 47.0. The molecule has 0 spiro atoms. The highest BCUT2D eigenvalue weighted by Crippen LogP contribution is 2.63. The fraction of sp³-hybridized carbons (Fsp3) is 0.0156. The largest absolute Gasteiger partial charge is 0.456 e. The molecule has 7 heterocycles. The quantitative estimate of drug-likeness (QED) is 0.114. The fourth-order valence-corrected chi connectivity index (χ4v) is 24.6. The van der Waals surface area contributed by atoms with Crippen LogP contribution < -0.4 is 31.1 Å². The SMILES string of the molecule is c1ccc(-c2ccc3oc4ccccc4c3c2N2c3cc(N4c5ccccc5C(c5ccccc5)(c5ccccc5)c5ccccc54)ccc3B3c4cc5c(cc4N(c4c(-c6ccccc6)ccc6oc7ccccc7c46)c4cc(-c6cc(-n7c8ccccc8c8ccccc87)cc(-n7c8ccccc8c8ccccc87)c6)cc2c43)-c2ccccc2C5(c2ccccc2)c2ccccc2)cc1. The molecule has 4 aromatic heterocycles. The number of para-hydroxylation sites is 8. The first kappa shape index (κ1) is 76.0. The summed E-state index contributed by atoms with van der Waals surface area (Å²) >= 11 is 0. The zero-order valence-corrected chi connectivity index (χ0v) is 73.8. The van der Waals surface area contributed by atoms with Crippen molar-refractivity contribution in [1.29, 1.82) is 0 Å². The summed E-state index contributed by atoms with van der Waals surface area (Å²) in [4.78, 5) is 8.00. The normalized spacial score (nSPS) is 13.6. The van der Waals surface area contributed by atoms with Gasteiger partial charge in [0.15, 0.2) is 0 Å². The van der Waals surface area contributed by atoms with Gasteiger partial charge in [0, 0.05) is 83.3 Å². The number of hydrogen-bond donors (Lipinski definition) is 0. The second-order valence-corrected chi connectivity index (χ2v) is 36.7. The molecule has 0 radical (unpaired) electrons. The van der Waals surface area contributed by atoms with Crippen LogP contribution in [0.2, 0.25) is 0 Å². The van der Waals surface area contributed by atoms with Gasteiger partial charge in [-0.05, 0) is 216 Å². The predicted octanol–water partition coefficient (Wildman–Crippen LogP) is 31.3. The van der Waals surface area contributed by atoms with Gasteiger partial charge < -0.3 is 32.7 Å². The predicted molar refractivity (Wildman–Crippen MR) is 564 cm³/mol. The smallest absolute Gasteiger partial charge is 0.252 e. The van der Waals surface area contributed by atoms with Crippen molar-refractivity contribution in [2.24, 2.45) is 0 Å². The van der Waals surface area contributed by atoms with E-state index in [0.717, 1.165) is 184 Å². The number of hydrogen-bond acceptors (Lipinski definition) is 5. The van der Waals surface area contributed by atoms with Crippen molar-refractivity contribution in [2.45, 2.75) is 10.8 Å². The van der Waals surface area contributed by atoms with Gasteiger partial charge in [-0.15, -0.1) is 0 Å². The summed E-state index contributed by atoms with van der Waals surface area (Å²) in [6, 6.07) is 183. The number of aromatic nitrogens is 2. The molecule has 8 heteroatoms. The average molecular weight is 1730 g/mol. The van der Waals surface area contributed by atoms with Crippen LogP contribution in [0.1, 0.15) is 44.5 Å². The van der Waals surface area contributed by atoms with Crippen molar-refractivity contribution in [3.8, 4) is 55.9 Å². The van der Waals surface area contributed by atoms with Crippen molar-refractivity contribution < 1.29 is 8.83 Å². The maximum atomic E-state index is 7.38. The van der Waals surface area contributed by atoms with Crippen LogP contribution >= 0.6 is 0 Å². The van der Waals surface area contributed by atoms with Crippen LogP contribution in [-0.4, -0.2) is 15.8 Å². The van der Waals surface area contributed by atoms with Gasteiger partial charge in [0.2, 0.25) is 0 Å². The van der Waals surface area contributed by atoms with Gasteiger partial charge in [-0.3, -0.25) is 0 Å². The van der Waals surface area contributed by atoms with Gasteiger partial charge in [0.05, 0.1) is 66.4 Å². The molecular weight excluding hydrogens is 1650 g/mol. The molecule has 3 aliphatic heterocycles. The Balaban J connectivity index is 0.819. The number of fused-ring (bicyclic) bond motifs is 21. The maximum absolute atomic E-state index is 7.38. The molecule has 0 N–H and O–H groups in total. The zero-order chi connectivity index (χ0) is 89.0. The van der Waals surface area contributed by atoms with Gasteiger partial charge >= 0.3 is 0 Å². The molecule has 4 aliphatic rings. The van der Waals surface area contributed by atoms with Crippen LogP contribution in [0.25, 0.3) is 143 Å². The summed E-state index contributed by atoms with van der Waals surface area (Å²) in [5.41, 5.74) is 39.0. The molecule has 25 aromatic rings. The molecule has 7 nitrogen and oxygen atoms in total. The van der Waals surface area contributed by atoms with E-state index in [1.807, 2.05) is 0 Å². The van der Waals surface area contributed by atoms with Crippen molar-refractivity contribution in [3.63, 3.8) is 0 Å². The summed E-state index contributed by atoms with van der Waals surface area (Å²) < 4.78 is 19.7. The van der Waals surface area contributed by atoms with Crippen LogP contribution in [-0.2, 0) is 10.8 Å². The first-order chi connectivity index (χ1) is 67.5.